The summed E-state index contributed by atoms with van der Waals surface area (Å²) < 4.78 is 7.20. The summed E-state index contributed by atoms with van der Waals surface area (Å²) in [4.78, 5) is 4.51. The molecule has 4 nitrogen and oxygen atoms in total. The Hall–Kier alpha value is -3.06. The van der Waals surface area contributed by atoms with Gasteiger partial charge in [0, 0.05) is 16.8 Å². The van der Waals surface area contributed by atoms with Crippen LogP contribution in [0.4, 0.5) is 0 Å². The second-order valence-corrected chi connectivity index (χ2v) is 4.84. The maximum Gasteiger partial charge on any atom is 0.133 e. The third-order valence-electron chi connectivity index (χ3n) is 3.78. The Bertz CT molecular complexity index is 1040. The summed E-state index contributed by atoms with van der Waals surface area (Å²) in [6, 6.07) is 15.9. The first-order valence-electron chi connectivity index (χ1n) is 6.59. The van der Waals surface area contributed by atoms with E-state index >= 15 is 0 Å². The van der Waals surface area contributed by atoms with E-state index in [4.69, 9.17) is 4.74 Å². The van der Waals surface area contributed by atoms with Crippen LogP contribution >= 0.6 is 0 Å². The topological polar surface area (TPSA) is 50.3 Å². The number of hydrogen-bond donors (Lipinski definition) is 0. The van der Waals surface area contributed by atoms with E-state index in [2.05, 4.69) is 11.1 Å². The molecule has 0 spiro atoms. The first-order valence-corrected chi connectivity index (χ1v) is 6.59. The Morgan fingerprint density at radius 3 is 2.67 bits per heavy atom. The molecule has 0 unspecified atom stereocenters. The van der Waals surface area contributed by atoms with E-state index in [-0.39, 0.29) is 0 Å². The highest BCUT2D eigenvalue weighted by Crippen LogP contribution is 2.30. The number of rotatable bonds is 1. The number of benzene rings is 2. The molecule has 0 atom stereocenters. The van der Waals surface area contributed by atoms with E-state index in [1.807, 2.05) is 53.1 Å². The highest BCUT2D eigenvalue weighted by atomic mass is 16.5. The molecular weight excluding hydrogens is 262 g/mol. The van der Waals surface area contributed by atoms with Gasteiger partial charge in [-0.15, -0.1) is 0 Å². The lowest BCUT2D eigenvalue weighted by Crippen LogP contribution is -1.94. The van der Waals surface area contributed by atoms with E-state index in [0.29, 0.717) is 5.69 Å². The second-order valence-electron chi connectivity index (χ2n) is 4.84. The van der Waals surface area contributed by atoms with Crippen LogP contribution in [-0.4, -0.2) is 16.5 Å². The molecular formula is C17H11N3O. The minimum Gasteiger partial charge on any atom is -0.497 e. The molecule has 0 amide bonds. The standard InChI is InChI=1S/C17H11N3O/c1-21-11-6-7-15-14(8-11)19-10-17-13-5-3-2-4-12(13)16(9-18)20(15)17/h2-8,10H,1H3. The summed E-state index contributed by atoms with van der Waals surface area (Å²) in [6.07, 6.45) is 1.81. The highest BCUT2D eigenvalue weighted by molar-refractivity contribution is 6.03. The summed E-state index contributed by atoms with van der Waals surface area (Å²) in [5, 5.41) is 11.6. The number of ether oxygens (including phenoxy) is 1. The first-order chi connectivity index (χ1) is 10.3. The van der Waals surface area contributed by atoms with Crippen molar-refractivity contribution in [2.75, 3.05) is 7.11 Å². The zero-order valence-corrected chi connectivity index (χ0v) is 11.4. The fraction of sp³-hybridized carbons (Fsp3) is 0.0588. The maximum absolute atomic E-state index is 9.57. The third kappa shape index (κ3) is 1.52. The van der Waals surface area contributed by atoms with Gasteiger partial charge < -0.3 is 4.74 Å². The molecule has 0 saturated carbocycles. The van der Waals surface area contributed by atoms with Crippen molar-refractivity contribution in [1.29, 1.82) is 5.26 Å². The van der Waals surface area contributed by atoms with Gasteiger partial charge in [0.1, 0.15) is 17.5 Å². The normalized spacial score (nSPS) is 11.0. The number of nitrogens with zero attached hydrogens (tertiary/aromatic N) is 3. The van der Waals surface area contributed by atoms with Gasteiger partial charge in [-0.05, 0) is 12.1 Å². The van der Waals surface area contributed by atoms with Crippen LogP contribution in [0.5, 0.6) is 5.75 Å². The van der Waals surface area contributed by atoms with Gasteiger partial charge in [-0.1, -0.05) is 24.3 Å². The van der Waals surface area contributed by atoms with Crippen LogP contribution in [0.15, 0.2) is 48.7 Å². The van der Waals surface area contributed by atoms with Gasteiger partial charge in [0.15, 0.2) is 0 Å². The van der Waals surface area contributed by atoms with Crippen molar-refractivity contribution >= 4 is 27.3 Å². The van der Waals surface area contributed by atoms with E-state index in [0.717, 1.165) is 33.1 Å². The van der Waals surface area contributed by atoms with Crippen LogP contribution in [0.2, 0.25) is 0 Å². The zero-order valence-electron chi connectivity index (χ0n) is 11.4. The van der Waals surface area contributed by atoms with Crippen LogP contribution in [0, 0.1) is 11.3 Å². The predicted octanol–water partition coefficient (Wildman–Crippen LogP) is 3.52. The van der Waals surface area contributed by atoms with Gasteiger partial charge in [0.2, 0.25) is 0 Å². The van der Waals surface area contributed by atoms with Crippen LogP contribution < -0.4 is 4.74 Å². The Labute approximate surface area is 120 Å². The van der Waals surface area contributed by atoms with Crippen molar-refractivity contribution in [2.24, 2.45) is 0 Å². The number of methoxy groups -OCH3 is 1. The molecule has 0 aliphatic carbocycles. The molecule has 0 fully saturated rings. The smallest absolute Gasteiger partial charge is 0.133 e. The minimum absolute atomic E-state index is 0.637. The molecule has 4 rings (SSSR count). The molecule has 0 radical (unpaired) electrons. The molecule has 0 bridgehead atoms. The van der Waals surface area contributed by atoms with Crippen LogP contribution in [0.1, 0.15) is 5.69 Å². The summed E-state index contributed by atoms with van der Waals surface area (Å²) in [5.41, 5.74) is 3.29. The maximum atomic E-state index is 9.57. The quantitative estimate of drug-likeness (QED) is 0.533. The molecule has 0 aliphatic heterocycles. The molecule has 0 aliphatic rings. The Morgan fingerprint density at radius 2 is 1.90 bits per heavy atom. The molecule has 0 N–H and O–H groups in total. The third-order valence-corrected chi connectivity index (χ3v) is 3.78. The van der Waals surface area contributed by atoms with Crippen molar-refractivity contribution in [3.63, 3.8) is 0 Å². The van der Waals surface area contributed by atoms with E-state index in [1.165, 1.54) is 0 Å². The van der Waals surface area contributed by atoms with Gasteiger partial charge in [-0.25, -0.2) is 0 Å². The van der Waals surface area contributed by atoms with Gasteiger partial charge in [-0.3, -0.25) is 9.38 Å². The molecule has 100 valence electrons. The van der Waals surface area contributed by atoms with Crippen LogP contribution in [0.3, 0.4) is 0 Å². The van der Waals surface area contributed by atoms with Crippen molar-refractivity contribution in [3.05, 3.63) is 54.4 Å². The first kappa shape index (κ1) is 11.7. The lowest BCUT2D eigenvalue weighted by atomic mass is 10.2. The average Bonchev–Trinajstić information content (AvgIpc) is 2.88. The summed E-state index contributed by atoms with van der Waals surface area (Å²) >= 11 is 0. The lowest BCUT2D eigenvalue weighted by molar-refractivity contribution is 0.415. The number of nitriles is 1. The van der Waals surface area contributed by atoms with Crippen molar-refractivity contribution in [3.8, 4) is 11.8 Å². The summed E-state index contributed by atoms with van der Waals surface area (Å²) in [7, 11) is 1.63. The van der Waals surface area contributed by atoms with Gasteiger partial charge in [0.25, 0.3) is 0 Å². The molecule has 2 aromatic heterocycles. The van der Waals surface area contributed by atoms with Gasteiger partial charge in [0.05, 0.1) is 29.9 Å². The molecule has 0 saturated heterocycles. The largest absolute Gasteiger partial charge is 0.497 e. The average molecular weight is 273 g/mol. The number of hydrogen-bond acceptors (Lipinski definition) is 3. The molecule has 4 aromatic rings. The fourth-order valence-electron chi connectivity index (χ4n) is 2.82. The lowest BCUT2D eigenvalue weighted by Gasteiger charge is -2.05. The molecule has 21 heavy (non-hydrogen) atoms. The molecule has 2 aromatic carbocycles. The summed E-state index contributed by atoms with van der Waals surface area (Å²) in [5.74, 6) is 0.754. The molecule has 4 heteroatoms. The number of fused-ring (bicyclic) bond motifs is 5. The van der Waals surface area contributed by atoms with Crippen molar-refractivity contribution < 1.29 is 4.74 Å². The Morgan fingerprint density at radius 1 is 1.10 bits per heavy atom. The van der Waals surface area contributed by atoms with Crippen molar-refractivity contribution in [2.45, 2.75) is 0 Å². The van der Waals surface area contributed by atoms with Crippen LogP contribution in [-0.2, 0) is 0 Å². The van der Waals surface area contributed by atoms with E-state index in [1.54, 1.807) is 7.11 Å². The SMILES string of the molecule is COc1ccc2c(c1)ncc1c3ccccc3c(C#N)n21. The fourth-order valence-corrected chi connectivity index (χ4v) is 2.82. The minimum atomic E-state index is 0.637. The Balaban J connectivity index is 2.28. The highest BCUT2D eigenvalue weighted by Gasteiger charge is 2.13. The molecule has 2 heterocycles. The number of aromatic nitrogens is 2. The monoisotopic (exact) mass is 273 g/mol. The second kappa shape index (κ2) is 4.22. The zero-order chi connectivity index (χ0) is 14.4. The summed E-state index contributed by atoms with van der Waals surface area (Å²) in [6.45, 7) is 0. The van der Waals surface area contributed by atoms with Crippen LogP contribution in [0.25, 0.3) is 27.3 Å². The van der Waals surface area contributed by atoms with Gasteiger partial charge >= 0.3 is 0 Å². The van der Waals surface area contributed by atoms with Crippen molar-refractivity contribution in [1.82, 2.24) is 9.38 Å². The van der Waals surface area contributed by atoms with Gasteiger partial charge in [-0.2, -0.15) is 5.26 Å². The van der Waals surface area contributed by atoms with E-state index in [9.17, 15) is 5.26 Å². The van der Waals surface area contributed by atoms with E-state index < -0.39 is 0 Å². The Kier molecular flexibility index (Phi) is 2.36. The predicted molar refractivity (Wildman–Crippen MR) is 81.5 cm³/mol.